The summed E-state index contributed by atoms with van der Waals surface area (Å²) in [5.41, 5.74) is 2.62. The molecule has 2 unspecified atom stereocenters. The van der Waals surface area contributed by atoms with Crippen LogP contribution in [-0.2, 0) is 11.4 Å². The van der Waals surface area contributed by atoms with Crippen LogP contribution in [0.4, 0.5) is 0 Å². The van der Waals surface area contributed by atoms with E-state index in [0.29, 0.717) is 27.6 Å². The van der Waals surface area contributed by atoms with Gasteiger partial charge in [0.25, 0.3) is 0 Å². The summed E-state index contributed by atoms with van der Waals surface area (Å²) in [6, 6.07) is 11.0. The number of rotatable bonds is 5. The Kier molecular flexibility index (Phi) is 6.92. The lowest BCUT2D eigenvalue weighted by Gasteiger charge is -2.19. The lowest BCUT2D eigenvalue weighted by atomic mass is 10.1. The summed E-state index contributed by atoms with van der Waals surface area (Å²) in [6.07, 6.45) is 1.44. The molecule has 0 radical (unpaired) electrons. The molecular formula is C22H23Cl2N3O2S. The highest BCUT2D eigenvalue weighted by atomic mass is 35.5. The first-order valence-corrected chi connectivity index (χ1v) is 11.3. The van der Waals surface area contributed by atoms with Crippen LogP contribution in [0.25, 0.3) is 10.9 Å². The summed E-state index contributed by atoms with van der Waals surface area (Å²) in [6.45, 7) is 9.28. The van der Waals surface area contributed by atoms with Crippen LogP contribution in [-0.4, -0.2) is 25.0 Å². The lowest BCUT2D eigenvalue weighted by molar-refractivity contribution is 0.222. The second kappa shape index (κ2) is 9.10. The van der Waals surface area contributed by atoms with Gasteiger partial charge in [-0.3, -0.25) is 4.98 Å². The molecule has 158 valence electrons. The molecule has 3 rings (SSSR count). The van der Waals surface area contributed by atoms with Crippen LogP contribution in [0.2, 0.25) is 10.2 Å². The van der Waals surface area contributed by atoms with Gasteiger partial charge in [0.05, 0.1) is 21.9 Å². The van der Waals surface area contributed by atoms with Crippen molar-refractivity contribution in [2.24, 2.45) is 4.40 Å². The Morgan fingerprint density at radius 2 is 1.93 bits per heavy atom. The number of halogens is 2. The highest BCUT2D eigenvalue weighted by molar-refractivity contribution is 7.91. The predicted octanol–water partition coefficient (Wildman–Crippen LogP) is 6.35. The van der Waals surface area contributed by atoms with Crippen LogP contribution in [0, 0.1) is 0 Å². The van der Waals surface area contributed by atoms with Crippen molar-refractivity contribution < 1.29 is 9.29 Å². The summed E-state index contributed by atoms with van der Waals surface area (Å²) in [5, 5.41) is 1.52. The van der Waals surface area contributed by atoms with Gasteiger partial charge in [-0.15, -0.1) is 0 Å². The fourth-order valence-corrected chi connectivity index (χ4v) is 3.79. The van der Waals surface area contributed by atoms with Crippen molar-refractivity contribution in [2.75, 3.05) is 0 Å². The van der Waals surface area contributed by atoms with Crippen LogP contribution in [0.5, 0.6) is 5.75 Å². The Hall–Kier alpha value is -1.86. The Bertz CT molecular complexity index is 1090. The summed E-state index contributed by atoms with van der Waals surface area (Å²) in [4.78, 5) is 8.79. The van der Waals surface area contributed by atoms with Crippen molar-refractivity contribution in [1.82, 2.24) is 9.97 Å². The molecule has 1 aromatic carbocycles. The minimum Gasteiger partial charge on any atom is -0.591 e. The third kappa shape index (κ3) is 5.24. The second-order valence-corrected chi connectivity index (χ2v) is 10.5. The Morgan fingerprint density at radius 1 is 1.20 bits per heavy atom. The molecule has 2 aromatic heterocycles. The SMILES string of the molecule is CC(=N[S+]([O-])C(C)(C)C)c1cc2cc(Cl)c(OC(C)c3ccccn3)cc2nc1Cl. The van der Waals surface area contributed by atoms with E-state index in [1.165, 1.54) is 0 Å². The van der Waals surface area contributed by atoms with Crippen LogP contribution in [0.3, 0.4) is 0 Å². The van der Waals surface area contributed by atoms with Crippen molar-refractivity contribution in [3.8, 4) is 5.75 Å². The molecule has 0 aliphatic rings. The average Bonchev–Trinajstić information content (AvgIpc) is 2.68. The van der Waals surface area contributed by atoms with Crippen molar-refractivity contribution in [3.63, 3.8) is 0 Å². The number of fused-ring (bicyclic) bond motifs is 1. The van der Waals surface area contributed by atoms with Crippen LogP contribution in [0.1, 0.15) is 52.0 Å². The molecule has 0 saturated heterocycles. The molecule has 30 heavy (non-hydrogen) atoms. The highest BCUT2D eigenvalue weighted by Gasteiger charge is 2.27. The number of pyridine rings is 2. The molecule has 0 saturated carbocycles. The first kappa shape index (κ1) is 22.8. The Labute approximate surface area is 189 Å². The fourth-order valence-electron chi connectivity index (χ4n) is 2.67. The van der Waals surface area contributed by atoms with Gasteiger partial charge in [-0.25, -0.2) is 4.98 Å². The fraction of sp³-hybridized carbons (Fsp3) is 0.318. The minimum atomic E-state index is -1.39. The van der Waals surface area contributed by atoms with E-state index in [4.69, 9.17) is 27.9 Å². The molecule has 0 bridgehead atoms. The Morgan fingerprint density at radius 3 is 2.57 bits per heavy atom. The summed E-state index contributed by atoms with van der Waals surface area (Å²) in [5.74, 6) is 0.498. The van der Waals surface area contributed by atoms with Gasteiger partial charge in [-0.2, -0.15) is 0 Å². The van der Waals surface area contributed by atoms with Crippen LogP contribution in [0.15, 0.2) is 47.0 Å². The van der Waals surface area contributed by atoms with E-state index in [0.717, 1.165) is 11.1 Å². The number of hydrogen-bond acceptors (Lipinski definition) is 5. The van der Waals surface area contributed by atoms with Gasteiger partial charge in [0.1, 0.15) is 33.1 Å². The van der Waals surface area contributed by atoms with Crippen molar-refractivity contribution >= 4 is 51.2 Å². The summed E-state index contributed by atoms with van der Waals surface area (Å²) < 4.78 is 22.2. The summed E-state index contributed by atoms with van der Waals surface area (Å²) >= 11 is 11.5. The van der Waals surface area contributed by atoms with E-state index in [9.17, 15) is 4.55 Å². The maximum absolute atomic E-state index is 12.4. The molecule has 2 heterocycles. The zero-order chi connectivity index (χ0) is 22.1. The number of hydrogen-bond donors (Lipinski definition) is 0. The van der Waals surface area contributed by atoms with Gasteiger partial charge in [-0.05, 0) is 58.9 Å². The zero-order valence-corrected chi connectivity index (χ0v) is 19.8. The average molecular weight is 464 g/mol. The third-order valence-electron chi connectivity index (χ3n) is 4.36. The number of benzene rings is 1. The molecular weight excluding hydrogens is 441 g/mol. The quantitative estimate of drug-likeness (QED) is 0.251. The van der Waals surface area contributed by atoms with E-state index in [-0.39, 0.29) is 11.3 Å². The molecule has 0 fully saturated rings. The van der Waals surface area contributed by atoms with Gasteiger partial charge >= 0.3 is 0 Å². The van der Waals surface area contributed by atoms with Gasteiger partial charge in [0.15, 0.2) is 0 Å². The van der Waals surface area contributed by atoms with Gasteiger partial charge in [0, 0.05) is 23.2 Å². The number of nitrogens with zero attached hydrogens (tertiary/aromatic N) is 3. The van der Waals surface area contributed by atoms with Crippen molar-refractivity contribution in [1.29, 1.82) is 0 Å². The molecule has 8 heteroatoms. The van der Waals surface area contributed by atoms with E-state index < -0.39 is 16.1 Å². The maximum atomic E-state index is 12.4. The van der Waals surface area contributed by atoms with E-state index in [1.54, 1.807) is 25.3 Å². The number of aromatic nitrogens is 2. The van der Waals surface area contributed by atoms with Crippen LogP contribution >= 0.6 is 23.2 Å². The largest absolute Gasteiger partial charge is 0.591 e. The van der Waals surface area contributed by atoms with E-state index >= 15 is 0 Å². The molecule has 0 N–H and O–H groups in total. The highest BCUT2D eigenvalue weighted by Crippen LogP contribution is 2.34. The smallest absolute Gasteiger partial charge is 0.144 e. The Balaban J connectivity index is 1.95. The van der Waals surface area contributed by atoms with Gasteiger partial charge in [0.2, 0.25) is 0 Å². The minimum absolute atomic E-state index is 0.278. The van der Waals surface area contributed by atoms with Gasteiger partial charge < -0.3 is 9.29 Å². The van der Waals surface area contributed by atoms with Crippen molar-refractivity contribution in [3.05, 3.63) is 64.0 Å². The normalized spacial score (nSPS) is 14.6. The number of ether oxygens (including phenoxy) is 1. The first-order chi connectivity index (χ1) is 14.1. The zero-order valence-electron chi connectivity index (χ0n) is 17.4. The second-order valence-electron chi connectivity index (χ2n) is 7.85. The van der Waals surface area contributed by atoms with Crippen molar-refractivity contribution in [2.45, 2.75) is 45.5 Å². The molecule has 0 amide bonds. The maximum Gasteiger partial charge on any atom is 0.144 e. The molecule has 5 nitrogen and oxygen atoms in total. The summed E-state index contributed by atoms with van der Waals surface area (Å²) in [7, 11) is 0. The van der Waals surface area contributed by atoms with Gasteiger partial charge in [-0.1, -0.05) is 33.7 Å². The third-order valence-corrected chi connectivity index (χ3v) is 6.43. The standard InChI is InChI=1S/C22H23Cl2N3O2S/c1-13(27-30(28)22(3,4)5)16-10-15-11-17(23)20(12-19(15)26-21(16)24)29-14(2)18-8-6-7-9-25-18/h6-12,14H,1-5H3. The molecule has 3 aromatic rings. The molecule has 2 atom stereocenters. The topological polar surface area (TPSA) is 70.4 Å². The molecule has 0 spiro atoms. The van der Waals surface area contributed by atoms with Crippen LogP contribution < -0.4 is 4.74 Å². The monoisotopic (exact) mass is 463 g/mol. The first-order valence-electron chi connectivity index (χ1n) is 9.41. The molecule has 0 aliphatic heterocycles. The molecule has 0 aliphatic carbocycles. The lowest BCUT2D eigenvalue weighted by Crippen LogP contribution is -2.26. The predicted molar refractivity (Wildman–Crippen MR) is 125 cm³/mol. The van der Waals surface area contributed by atoms with E-state index in [2.05, 4.69) is 14.4 Å². The van der Waals surface area contributed by atoms with E-state index in [1.807, 2.05) is 52.0 Å².